The Morgan fingerprint density at radius 3 is 3.09 bits per heavy atom. The Hall–Kier alpha value is -1.59. The Kier molecular flexibility index (Phi) is 2.05. The fourth-order valence-electron chi connectivity index (χ4n) is 0.617. The molecule has 0 aliphatic heterocycles. The SMILES string of the molecule is CNC(=O)Cn1cn[nH]c1=O. The second-order valence-electron chi connectivity index (χ2n) is 1.96. The van der Waals surface area contributed by atoms with Crippen LogP contribution in [0.25, 0.3) is 0 Å². The summed E-state index contributed by atoms with van der Waals surface area (Å²) in [6, 6.07) is 0. The first-order valence-corrected chi connectivity index (χ1v) is 3.04. The zero-order chi connectivity index (χ0) is 8.27. The van der Waals surface area contributed by atoms with Crippen molar-refractivity contribution in [3.8, 4) is 0 Å². The van der Waals surface area contributed by atoms with Crippen molar-refractivity contribution in [1.29, 1.82) is 0 Å². The summed E-state index contributed by atoms with van der Waals surface area (Å²) < 4.78 is 1.18. The molecule has 6 heteroatoms. The van der Waals surface area contributed by atoms with E-state index in [1.807, 2.05) is 0 Å². The Morgan fingerprint density at radius 1 is 1.91 bits per heavy atom. The number of amides is 1. The molecule has 0 aliphatic carbocycles. The number of hydrogen-bond donors (Lipinski definition) is 2. The van der Waals surface area contributed by atoms with Gasteiger partial charge in [0.2, 0.25) is 5.91 Å². The molecule has 0 aliphatic rings. The highest BCUT2D eigenvalue weighted by Crippen LogP contribution is 1.74. The molecule has 0 saturated heterocycles. The van der Waals surface area contributed by atoms with Crippen LogP contribution >= 0.6 is 0 Å². The quantitative estimate of drug-likeness (QED) is 0.536. The zero-order valence-electron chi connectivity index (χ0n) is 6.00. The molecule has 2 N–H and O–H groups in total. The number of likely N-dealkylation sites (N-methyl/N-ethyl adjacent to an activating group) is 1. The molecular weight excluding hydrogens is 148 g/mol. The molecule has 1 aromatic rings. The van der Waals surface area contributed by atoms with Crippen molar-refractivity contribution in [2.24, 2.45) is 0 Å². The molecule has 60 valence electrons. The van der Waals surface area contributed by atoms with E-state index >= 15 is 0 Å². The smallest absolute Gasteiger partial charge is 0.343 e. The van der Waals surface area contributed by atoms with E-state index in [0.29, 0.717) is 0 Å². The van der Waals surface area contributed by atoms with Crippen molar-refractivity contribution in [1.82, 2.24) is 20.1 Å². The van der Waals surface area contributed by atoms with Gasteiger partial charge in [0.15, 0.2) is 0 Å². The molecule has 0 saturated carbocycles. The molecule has 1 heterocycles. The lowest BCUT2D eigenvalue weighted by Gasteiger charge is -1.96. The molecule has 1 rings (SSSR count). The molecule has 11 heavy (non-hydrogen) atoms. The Morgan fingerprint density at radius 2 is 2.64 bits per heavy atom. The van der Waals surface area contributed by atoms with Gasteiger partial charge in [0.25, 0.3) is 0 Å². The highest BCUT2D eigenvalue weighted by Gasteiger charge is 2.01. The predicted molar refractivity (Wildman–Crippen MR) is 36.9 cm³/mol. The summed E-state index contributed by atoms with van der Waals surface area (Å²) >= 11 is 0. The fourth-order valence-corrected chi connectivity index (χ4v) is 0.617. The largest absolute Gasteiger partial charge is 0.358 e. The first kappa shape index (κ1) is 7.52. The van der Waals surface area contributed by atoms with Crippen LogP contribution in [-0.4, -0.2) is 27.7 Å². The van der Waals surface area contributed by atoms with Crippen molar-refractivity contribution >= 4 is 5.91 Å². The Bertz CT molecular complexity index is 299. The zero-order valence-corrected chi connectivity index (χ0v) is 6.00. The molecule has 1 aromatic heterocycles. The minimum Gasteiger partial charge on any atom is -0.358 e. The molecule has 0 bridgehead atoms. The maximum Gasteiger partial charge on any atom is 0.343 e. The number of carbonyl (C=O) groups is 1. The van der Waals surface area contributed by atoms with Crippen LogP contribution in [0.15, 0.2) is 11.1 Å². The minimum atomic E-state index is -0.381. The average Bonchev–Trinajstić information content (AvgIpc) is 2.37. The van der Waals surface area contributed by atoms with Gasteiger partial charge in [0.1, 0.15) is 12.9 Å². The van der Waals surface area contributed by atoms with E-state index in [0.717, 1.165) is 0 Å². The molecule has 1 amide bonds. The number of nitrogens with one attached hydrogen (secondary N) is 2. The molecule has 0 radical (unpaired) electrons. The van der Waals surface area contributed by atoms with E-state index in [1.165, 1.54) is 17.9 Å². The lowest BCUT2D eigenvalue weighted by Crippen LogP contribution is -2.28. The monoisotopic (exact) mass is 156 g/mol. The summed E-state index contributed by atoms with van der Waals surface area (Å²) in [5, 5.41) is 8.02. The first-order valence-electron chi connectivity index (χ1n) is 3.04. The topological polar surface area (TPSA) is 79.8 Å². The minimum absolute atomic E-state index is 0.00579. The summed E-state index contributed by atoms with van der Waals surface area (Å²) in [7, 11) is 1.51. The van der Waals surface area contributed by atoms with Crippen molar-refractivity contribution in [2.45, 2.75) is 6.54 Å². The average molecular weight is 156 g/mol. The van der Waals surface area contributed by atoms with Crippen LogP contribution in [0.4, 0.5) is 0 Å². The van der Waals surface area contributed by atoms with Gasteiger partial charge in [-0.3, -0.25) is 9.36 Å². The number of nitrogens with zero attached hydrogens (tertiary/aromatic N) is 2. The lowest BCUT2D eigenvalue weighted by molar-refractivity contribution is -0.121. The van der Waals surface area contributed by atoms with Crippen LogP contribution in [0.5, 0.6) is 0 Å². The van der Waals surface area contributed by atoms with Crippen molar-refractivity contribution in [2.75, 3.05) is 7.05 Å². The normalized spacial score (nSPS) is 9.55. The van der Waals surface area contributed by atoms with E-state index in [-0.39, 0.29) is 18.1 Å². The van der Waals surface area contributed by atoms with Crippen LogP contribution in [-0.2, 0) is 11.3 Å². The summed E-state index contributed by atoms with van der Waals surface area (Å²) in [5.41, 5.74) is -0.381. The number of carbonyl (C=O) groups excluding carboxylic acids is 1. The van der Waals surface area contributed by atoms with Gasteiger partial charge in [-0.25, -0.2) is 9.89 Å². The predicted octanol–water partition coefficient (Wildman–Crippen LogP) is -1.68. The van der Waals surface area contributed by atoms with Crippen LogP contribution in [0.3, 0.4) is 0 Å². The number of rotatable bonds is 2. The second kappa shape index (κ2) is 3.00. The van der Waals surface area contributed by atoms with Gasteiger partial charge in [-0.15, -0.1) is 0 Å². The fraction of sp³-hybridized carbons (Fsp3) is 0.400. The molecular formula is C5H8N4O2. The number of H-pyrrole nitrogens is 1. The van der Waals surface area contributed by atoms with Crippen molar-refractivity contribution in [3.05, 3.63) is 16.8 Å². The van der Waals surface area contributed by atoms with Crippen molar-refractivity contribution in [3.63, 3.8) is 0 Å². The van der Waals surface area contributed by atoms with E-state index in [9.17, 15) is 9.59 Å². The van der Waals surface area contributed by atoms with Crippen LogP contribution < -0.4 is 11.0 Å². The van der Waals surface area contributed by atoms with Gasteiger partial charge in [-0.05, 0) is 0 Å². The highest BCUT2D eigenvalue weighted by molar-refractivity contribution is 5.75. The van der Waals surface area contributed by atoms with Crippen molar-refractivity contribution < 1.29 is 4.79 Å². The Balaban J connectivity index is 2.72. The van der Waals surface area contributed by atoms with Gasteiger partial charge in [-0.1, -0.05) is 0 Å². The number of aromatic amines is 1. The first-order chi connectivity index (χ1) is 5.24. The number of aromatic nitrogens is 3. The van der Waals surface area contributed by atoms with Gasteiger partial charge in [0.05, 0.1) is 0 Å². The standard InChI is InChI=1S/C5H8N4O2/c1-6-4(10)2-9-3-7-8-5(9)11/h3H,2H2,1H3,(H,6,10)(H,8,11). The third kappa shape index (κ3) is 1.66. The third-order valence-corrected chi connectivity index (χ3v) is 1.21. The second-order valence-corrected chi connectivity index (χ2v) is 1.96. The van der Waals surface area contributed by atoms with Gasteiger partial charge >= 0.3 is 5.69 Å². The van der Waals surface area contributed by atoms with Gasteiger partial charge in [-0.2, -0.15) is 5.10 Å². The van der Waals surface area contributed by atoms with Crippen LogP contribution in [0.1, 0.15) is 0 Å². The van der Waals surface area contributed by atoms with Crippen LogP contribution in [0.2, 0.25) is 0 Å². The third-order valence-electron chi connectivity index (χ3n) is 1.21. The van der Waals surface area contributed by atoms with E-state index in [4.69, 9.17) is 0 Å². The van der Waals surface area contributed by atoms with E-state index in [1.54, 1.807) is 0 Å². The summed E-state index contributed by atoms with van der Waals surface area (Å²) in [6.45, 7) is 0.00579. The maximum absolute atomic E-state index is 10.7. The van der Waals surface area contributed by atoms with Gasteiger partial charge < -0.3 is 5.32 Å². The number of hydrogen-bond acceptors (Lipinski definition) is 3. The molecule has 0 spiro atoms. The van der Waals surface area contributed by atoms with Gasteiger partial charge in [0, 0.05) is 7.05 Å². The molecule has 0 unspecified atom stereocenters. The van der Waals surface area contributed by atoms with E-state index < -0.39 is 0 Å². The van der Waals surface area contributed by atoms with E-state index in [2.05, 4.69) is 15.5 Å². The lowest BCUT2D eigenvalue weighted by atomic mass is 10.6. The molecule has 6 nitrogen and oxygen atoms in total. The Labute approximate surface area is 62.2 Å². The molecule has 0 atom stereocenters. The molecule has 0 fully saturated rings. The molecule has 0 aromatic carbocycles. The summed E-state index contributed by atoms with van der Waals surface area (Å²) in [5.74, 6) is -0.228. The maximum atomic E-state index is 10.7. The summed E-state index contributed by atoms with van der Waals surface area (Å²) in [4.78, 5) is 21.5. The van der Waals surface area contributed by atoms with Crippen LogP contribution in [0, 0.1) is 0 Å². The summed E-state index contributed by atoms with van der Waals surface area (Å²) in [6.07, 6.45) is 1.28. The highest BCUT2D eigenvalue weighted by atomic mass is 16.2.